The van der Waals surface area contributed by atoms with Gasteiger partial charge in [-0.05, 0) is 39.2 Å². The van der Waals surface area contributed by atoms with Crippen molar-refractivity contribution >= 4 is 6.09 Å². The molecule has 2 heterocycles. The largest absolute Gasteiger partial charge is 0.448 e. The Kier molecular flexibility index (Phi) is 3.10. The molecule has 4 nitrogen and oxygen atoms in total. The van der Waals surface area contributed by atoms with Crippen molar-refractivity contribution in [2.24, 2.45) is 0 Å². The third kappa shape index (κ3) is 2.03. The van der Waals surface area contributed by atoms with E-state index in [1.165, 1.54) is 30.7 Å². The number of rotatable bonds is 2. The molecule has 0 N–H and O–H groups in total. The lowest BCUT2D eigenvalue weighted by Crippen LogP contribution is -2.42. The predicted octanol–water partition coefficient (Wildman–Crippen LogP) is 1.70. The summed E-state index contributed by atoms with van der Waals surface area (Å²) < 4.78 is 5.29. The van der Waals surface area contributed by atoms with E-state index >= 15 is 0 Å². The van der Waals surface area contributed by atoms with Crippen LogP contribution in [0.15, 0.2) is 0 Å². The number of amides is 1. The number of carbonyl (C=O) groups excluding carboxylic acids is 1. The molecule has 2 aliphatic rings. The van der Waals surface area contributed by atoms with Gasteiger partial charge in [0.1, 0.15) is 6.61 Å². The van der Waals surface area contributed by atoms with Crippen LogP contribution in [0.4, 0.5) is 4.79 Å². The highest BCUT2D eigenvalue weighted by molar-refractivity contribution is 5.66. The van der Waals surface area contributed by atoms with Crippen LogP contribution >= 0.6 is 0 Å². The van der Waals surface area contributed by atoms with Crippen molar-refractivity contribution in [1.29, 1.82) is 0 Å². The molecule has 2 rings (SSSR count). The SMILES string of the molecule is CN(C)C(=O)OCC1CC[C@@]2(C)CCCN12. The Morgan fingerprint density at radius 2 is 2.25 bits per heavy atom. The van der Waals surface area contributed by atoms with E-state index in [0.29, 0.717) is 18.2 Å². The molecule has 0 bridgehead atoms. The van der Waals surface area contributed by atoms with Gasteiger partial charge in [-0.3, -0.25) is 4.90 Å². The van der Waals surface area contributed by atoms with Crippen molar-refractivity contribution < 1.29 is 9.53 Å². The standard InChI is InChI=1S/C12H22N2O2/c1-12-6-4-8-14(12)10(5-7-12)9-16-11(15)13(2)3/h10H,4-9H2,1-3H3/t10?,12-/m1/s1. The molecule has 1 unspecified atom stereocenters. The Labute approximate surface area is 97.5 Å². The summed E-state index contributed by atoms with van der Waals surface area (Å²) in [5, 5.41) is 0. The number of nitrogens with zero attached hydrogens (tertiary/aromatic N) is 2. The van der Waals surface area contributed by atoms with Crippen LogP contribution < -0.4 is 0 Å². The molecule has 0 saturated carbocycles. The minimum atomic E-state index is -0.229. The number of ether oxygens (including phenoxy) is 1. The fourth-order valence-corrected chi connectivity index (χ4v) is 3.04. The van der Waals surface area contributed by atoms with Gasteiger partial charge in [0.15, 0.2) is 0 Å². The lowest BCUT2D eigenvalue weighted by Gasteiger charge is -2.31. The maximum Gasteiger partial charge on any atom is 0.409 e. The zero-order chi connectivity index (χ0) is 11.8. The zero-order valence-electron chi connectivity index (χ0n) is 10.5. The highest BCUT2D eigenvalue weighted by Crippen LogP contribution is 2.41. The van der Waals surface area contributed by atoms with Crippen LogP contribution in [0.3, 0.4) is 0 Å². The van der Waals surface area contributed by atoms with Gasteiger partial charge in [-0.25, -0.2) is 4.79 Å². The van der Waals surface area contributed by atoms with Crippen LogP contribution in [-0.4, -0.2) is 54.7 Å². The van der Waals surface area contributed by atoms with Gasteiger partial charge < -0.3 is 9.64 Å². The van der Waals surface area contributed by atoms with Gasteiger partial charge >= 0.3 is 6.09 Å². The molecule has 0 aromatic rings. The quantitative estimate of drug-likeness (QED) is 0.718. The topological polar surface area (TPSA) is 32.8 Å². The Balaban J connectivity index is 1.86. The molecule has 0 aromatic carbocycles. The normalized spacial score (nSPS) is 33.8. The molecule has 0 spiro atoms. The van der Waals surface area contributed by atoms with Gasteiger partial charge in [0.05, 0.1) is 0 Å². The summed E-state index contributed by atoms with van der Waals surface area (Å²) in [4.78, 5) is 15.4. The van der Waals surface area contributed by atoms with E-state index in [1.807, 2.05) is 0 Å². The minimum Gasteiger partial charge on any atom is -0.448 e. The maximum atomic E-state index is 11.4. The van der Waals surface area contributed by atoms with E-state index in [2.05, 4.69) is 11.8 Å². The molecule has 4 heteroatoms. The van der Waals surface area contributed by atoms with Gasteiger partial charge in [0.25, 0.3) is 0 Å². The molecule has 0 aromatic heterocycles. The lowest BCUT2D eigenvalue weighted by molar-refractivity contribution is 0.0731. The first-order chi connectivity index (χ1) is 7.53. The number of carbonyl (C=O) groups is 1. The van der Waals surface area contributed by atoms with Gasteiger partial charge in [0, 0.05) is 25.7 Å². The predicted molar refractivity (Wildman–Crippen MR) is 62.4 cm³/mol. The van der Waals surface area contributed by atoms with Crippen LogP contribution in [0.2, 0.25) is 0 Å². The molecule has 16 heavy (non-hydrogen) atoms. The average molecular weight is 226 g/mol. The fourth-order valence-electron chi connectivity index (χ4n) is 3.04. The molecule has 2 fully saturated rings. The first-order valence-electron chi connectivity index (χ1n) is 6.14. The first kappa shape index (κ1) is 11.7. The highest BCUT2D eigenvalue weighted by Gasteiger charge is 2.45. The second-order valence-electron chi connectivity index (χ2n) is 5.46. The van der Waals surface area contributed by atoms with E-state index in [9.17, 15) is 4.79 Å². The van der Waals surface area contributed by atoms with E-state index in [-0.39, 0.29) is 6.09 Å². The Morgan fingerprint density at radius 3 is 2.94 bits per heavy atom. The molecule has 92 valence electrons. The minimum absolute atomic E-state index is 0.229. The van der Waals surface area contributed by atoms with Crippen LogP contribution in [0.25, 0.3) is 0 Å². The third-order valence-electron chi connectivity index (χ3n) is 4.03. The Morgan fingerprint density at radius 1 is 1.50 bits per heavy atom. The van der Waals surface area contributed by atoms with Crippen molar-refractivity contribution in [2.45, 2.75) is 44.2 Å². The second kappa shape index (κ2) is 4.24. The lowest BCUT2D eigenvalue weighted by atomic mass is 9.97. The molecule has 0 radical (unpaired) electrons. The summed E-state index contributed by atoms with van der Waals surface area (Å²) in [6.45, 7) is 4.06. The molecule has 2 saturated heterocycles. The van der Waals surface area contributed by atoms with Gasteiger partial charge in [-0.15, -0.1) is 0 Å². The zero-order valence-corrected chi connectivity index (χ0v) is 10.5. The summed E-state index contributed by atoms with van der Waals surface area (Å²) in [7, 11) is 3.44. The van der Waals surface area contributed by atoms with Crippen molar-refractivity contribution in [3.05, 3.63) is 0 Å². The highest BCUT2D eigenvalue weighted by atomic mass is 16.6. The van der Waals surface area contributed by atoms with E-state index in [4.69, 9.17) is 4.74 Å². The van der Waals surface area contributed by atoms with E-state index in [1.54, 1.807) is 14.1 Å². The van der Waals surface area contributed by atoms with Crippen LogP contribution in [0.1, 0.15) is 32.6 Å². The first-order valence-corrected chi connectivity index (χ1v) is 6.14. The fraction of sp³-hybridized carbons (Fsp3) is 0.917. The van der Waals surface area contributed by atoms with Crippen molar-refractivity contribution in [3.63, 3.8) is 0 Å². The molecular formula is C12H22N2O2. The van der Waals surface area contributed by atoms with Crippen LogP contribution in [0, 0.1) is 0 Å². The van der Waals surface area contributed by atoms with Crippen molar-refractivity contribution in [2.75, 3.05) is 27.2 Å². The van der Waals surface area contributed by atoms with Crippen molar-refractivity contribution in [3.8, 4) is 0 Å². The molecule has 2 aliphatic heterocycles. The number of fused-ring (bicyclic) bond motifs is 1. The van der Waals surface area contributed by atoms with Gasteiger partial charge in [-0.2, -0.15) is 0 Å². The summed E-state index contributed by atoms with van der Waals surface area (Å²) >= 11 is 0. The summed E-state index contributed by atoms with van der Waals surface area (Å²) in [5.41, 5.74) is 0.384. The average Bonchev–Trinajstić information content (AvgIpc) is 2.72. The monoisotopic (exact) mass is 226 g/mol. The Hall–Kier alpha value is -0.770. The molecule has 2 atom stereocenters. The van der Waals surface area contributed by atoms with Gasteiger partial charge in [-0.1, -0.05) is 0 Å². The van der Waals surface area contributed by atoms with Gasteiger partial charge in [0.2, 0.25) is 0 Å². The molecule has 0 aliphatic carbocycles. The second-order valence-corrected chi connectivity index (χ2v) is 5.46. The smallest absolute Gasteiger partial charge is 0.409 e. The van der Waals surface area contributed by atoms with Crippen LogP contribution in [0.5, 0.6) is 0 Å². The Bertz CT molecular complexity index is 280. The summed E-state index contributed by atoms with van der Waals surface area (Å²) in [6.07, 6.45) is 4.77. The molecule has 1 amide bonds. The van der Waals surface area contributed by atoms with E-state index < -0.39 is 0 Å². The maximum absolute atomic E-state index is 11.4. The number of hydrogen-bond acceptors (Lipinski definition) is 3. The number of hydrogen-bond donors (Lipinski definition) is 0. The third-order valence-corrected chi connectivity index (χ3v) is 4.03. The van der Waals surface area contributed by atoms with Crippen molar-refractivity contribution in [1.82, 2.24) is 9.80 Å². The molecular weight excluding hydrogens is 204 g/mol. The summed E-state index contributed by atoms with van der Waals surface area (Å²) in [5.74, 6) is 0. The van der Waals surface area contributed by atoms with E-state index in [0.717, 1.165) is 6.42 Å². The van der Waals surface area contributed by atoms with Crippen LogP contribution in [-0.2, 0) is 4.74 Å². The summed E-state index contributed by atoms with van der Waals surface area (Å²) in [6, 6.07) is 0.441.